The molecule has 1 aliphatic carbocycles. The van der Waals surface area contributed by atoms with Crippen molar-refractivity contribution in [2.45, 2.75) is 18.9 Å². The zero-order valence-electron chi connectivity index (χ0n) is 12.6. The number of rotatable bonds is 1. The van der Waals surface area contributed by atoms with Gasteiger partial charge >= 0.3 is 0 Å². The van der Waals surface area contributed by atoms with Crippen molar-refractivity contribution in [3.8, 4) is 0 Å². The lowest BCUT2D eigenvalue weighted by atomic mass is 10.0. The number of carbonyl (C=O) groups is 2. The SMILES string of the molecule is O=C1NCCN2CCN(C(=O)C3Cc4ccccc4C3)C[C@H]12. The third kappa shape index (κ3) is 2.29. The average Bonchev–Trinajstić information content (AvgIpc) is 2.98. The fraction of sp³-hybridized carbons (Fsp3) is 0.529. The minimum atomic E-state index is -0.157. The first-order valence-corrected chi connectivity index (χ1v) is 8.10. The van der Waals surface area contributed by atoms with E-state index in [2.05, 4.69) is 22.3 Å². The fourth-order valence-electron chi connectivity index (χ4n) is 3.97. The molecule has 2 aliphatic heterocycles. The van der Waals surface area contributed by atoms with Gasteiger partial charge in [0.05, 0.1) is 0 Å². The molecule has 0 unspecified atom stereocenters. The molecule has 1 aromatic carbocycles. The van der Waals surface area contributed by atoms with Crippen LogP contribution in [0.1, 0.15) is 11.1 Å². The van der Waals surface area contributed by atoms with E-state index in [4.69, 9.17) is 0 Å². The van der Waals surface area contributed by atoms with E-state index in [1.165, 1.54) is 11.1 Å². The number of carbonyl (C=O) groups excluding carboxylic acids is 2. The van der Waals surface area contributed by atoms with Gasteiger partial charge in [-0.15, -0.1) is 0 Å². The first-order chi connectivity index (χ1) is 10.7. The predicted octanol–water partition coefficient (Wildman–Crippen LogP) is 0.0440. The van der Waals surface area contributed by atoms with Gasteiger partial charge < -0.3 is 10.2 Å². The summed E-state index contributed by atoms with van der Waals surface area (Å²) in [4.78, 5) is 28.9. The van der Waals surface area contributed by atoms with Gasteiger partial charge in [0.2, 0.25) is 11.8 Å². The highest BCUT2D eigenvalue weighted by atomic mass is 16.2. The van der Waals surface area contributed by atoms with Crippen molar-refractivity contribution in [3.63, 3.8) is 0 Å². The van der Waals surface area contributed by atoms with E-state index in [0.29, 0.717) is 6.54 Å². The Bertz CT molecular complexity index is 591. The lowest BCUT2D eigenvalue weighted by Crippen LogP contribution is -2.64. The van der Waals surface area contributed by atoms with Gasteiger partial charge in [-0.3, -0.25) is 14.5 Å². The number of fused-ring (bicyclic) bond motifs is 2. The van der Waals surface area contributed by atoms with Crippen molar-refractivity contribution in [1.29, 1.82) is 0 Å². The van der Waals surface area contributed by atoms with Gasteiger partial charge in [-0.2, -0.15) is 0 Å². The molecular weight excluding hydrogens is 278 g/mol. The first-order valence-electron chi connectivity index (χ1n) is 8.10. The number of piperazine rings is 2. The molecule has 1 atom stereocenters. The van der Waals surface area contributed by atoms with Gasteiger partial charge in [-0.1, -0.05) is 24.3 Å². The van der Waals surface area contributed by atoms with Crippen LogP contribution < -0.4 is 5.32 Å². The fourth-order valence-corrected chi connectivity index (χ4v) is 3.97. The summed E-state index contributed by atoms with van der Waals surface area (Å²) in [5.41, 5.74) is 2.60. The van der Waals surface area contributed by atoms with Gasteiger partial charge in [-0.05, 0) is 24.0 Å². The highest BCUT2D eigenvalue weighted by Crippen LogP contribution is 2.28. The Balaban J connectivity index is 1.45. The Morgan fingerprint density at radius 1 is 1.09 bits per heavy atom. The Labute approximate surface area is 130 Å². The Hall–Kier alpha value is -1.88. The Kier molecular flexibility index (Phi) is 3.37. The maximum Gasteiger partial charge on any atom is 0.239 e. The van der Waals surface area contributed by atoms with Crippen molar-refractivity contribution < 1.29 is 9.59 Å². The average molecular weight is 299 g/mol. The molecule has 0 spiro atoms. The molecule has 0 saturated carbocycles. The first kappa shape index (κ1) is 13.8. The quantitative estimate of drug-likeness (QED) is 0.797. The molecule has 1 aromatic rings. The third-order valence-corrected chi connectivity index (χ3v) is 5.20. The van der Waals surface area contributed by atoms with Gasteiger partial charge in [-0.25, -0.2) is 0 Å². The number of nitrogens with zero attached hydrogens (tertiary/aromatic N) is 2. The zero-order chi connectivity index (χ0) is 15.1. The lowest BCUT2D eigenvalue weighted by molar-refractivity contribution is -0.142. The Morgan fingerprint density at radius 3 is 2.55 bits per heavy atom. The maximum absolute atomic E-state index is 12.8. The van der Waals surface area contributed by atoms with Crippen LogP contribution in [-0.4, -0.2) is 60.4 Å². The summed E-state index contributed by atoms with van der Waals surface area (Å²) in [6.45, 7) is 3.71. The van der Waals surface area contributed by atoms with Crippen LogP contribution in [0.25, 0.3) is 0 Å². The van der Waals surface area contributed by atoms with Crippen molar-refractivity contribution >= 4 is 11.8 Å². The third-order valence-electron chi connectivity index (χ3n) is 5.20. The predicted molar refractivity (Wildman–Crippen MR) is 82.3 cm³/mol. The molecule has 1 N–H and O–H groups in total. The number of hydrogen-bond donors (Lipinski definition) is 1. The van der Waals surface area contributed by atoms with Crippen LogP contribution in [0.3, 0.4) is 0 Å². The van der Waals surface area contributed by atoms with Crippen LogP contribution in [-0.2, 0) is 22.4 Å². The molecule has 3 aliphatic rings. The molecule has 2 fully saturated rings. The van der Waals surface area contributed by atoms with Crippen LogP contribution in [0.2, 0.25) is 0 Å². The van der Waals surface area contributed by atoms with Crippen molar-refractivity contribution in [2.75, 3.05) is 32.7 Å². The van der Waals surface area contributed by atoms with Crippen LogP contribution in [0, 0.1) is 5.92 Å². The second kappa shape index (κ2) is 5.39. The second-order valence-electron chi connectivity index (χ2n) is 6.50. The van der Waals surface area contributed by atoms with Crippen molar-refractivity contribution in [2.24, 2.45) is 5.92 Å². The maximum atomic E-state index is 12.8. The highest BCUT2D eigenvalue weighted by Gasteiger charge is 2.38. The lowest BCUT2D eigenvalue weighted by Gasteiger charge is -2.43. The smallest absolute Gasteiger partial charge is 0.239 e. The van der Waals surface area contributed by atoms with Crippen LogP contribution in [0.15, 0.2) is 24.3 Å². The molecule has 0 radical (unpaired) electrons. The summed E-state index contributed by atoms with van der Waals surface area (Å²) < 4.78 is 0. The summed E-state index contributed by atoms with van der Waals surface area (Å²) in [7, 11) is 0. The molecule has 0 bridgehead atoms. The van der Waals surface area contributed by atoms with E-state index < -0.39 is 0 Å². The largest absolute Gasteiger partial charge is 0.353 e. The van der Waals surface area contributed by atoms with Crippen molar-refractivity contribution in [3.05, 3.63) is 35.4 Å². The molecule has 5 nitrogen and oxygen atoms in total. The monoisotopic (exact) mass is 299 g/mol. The number of amides is 2. The topological polar surface area (TPSA) is 52.7 Å². The van der Waals surface area contributed by atoms with E-state index in [9.17, 15) is 9.59 Å². The molecule has 2 amide bonds. The molecule has 4 rings (SSSR count). The number of nitrogens with one attached hydrogen (secondary N) is 1. The Morgan fingerprint density at radius 2 is 1.82 bits per heavy atom. The van der Waals surface area contributed by atoms with Crippen molar-refractivity contribution in [1.82, 2.24) is 15.1 Å². The minimum absolute atomic E-state index is 0.0515. The second-order valence-corrected chi connectivity index (χ2v) is 6.50. The van der Waals surface area contributed by atoms with E-state index in [0.717, 1.165) is 39.0 Å². The summed E-state index contributed by atoms with van der Waals surface area (Å²) >= 11 is 0. The highest BCUT2D eigenvalue weighted by molar-refractivity contribution is 5.85. The minimum Gasteiger partial charge on any atom is -0.353 e. The summed E-state index contributed by atoms with van der Waals surface area (Å²) in [5.74, 6) is 0.336. The van der Waals surface area contributed by atoms with Gasteiger partial charge in [0.25, 0.3) is 0 Å². The summed E-state index contributed by atoms with van der Waals surface area (Å²) in [6.07, 6.45) is 1.68. The molecule has 2 saturated heterocycles. The summed E-state index contributed by atoms with van der Waals surface area (Å²) in [5, 5.41) is 2.91. The van der Waals surface area contributed by atoms with Crippen LogP contribution in [0.5, 0.6) is 0 Å². The molecule has 0 aromatic heterocycles. The normalized spacial score (nSPS) is 25.5. The van der Waals surface area contributed by atoms with E-state index in [-0.39, 0.29) is 23.8 Å². The van der Waals surface area contributed by atoms with Gasteiger partial charge in [0.15, 0.2) is 0 Å². The number of hydrogen-bond acceptors (Lipinski definition) is 3. The van der Waals surface area contributed by atoms with E-state index in [1.54, 1.807) is 0 Å². The molecule has 5 heteroatoms. The molecule has 22 heavy (non-hydrogen) atoms. The zero-order valence-corrected chi connectivity index (χ0v) is 12.6. The van der Waals surface area contributed by atoms with Gasteiger partial charge in [0.1, 0.15) is 6.04 Å². The standard InChI is InChI=1S/C17H21N3O2/c21-16-15-11-20(8-7-19(15)6-5-18-16)17(22)14-9-12-3-1-2-4-13(12)10-14/h1-4,14-15H,5-11H2,(H,18,21)/t15-/m1/s1. The van der Waals surface area contributed by atoms with Gasteiger partial charge in [0, 0.05) is 38.6 Å². The number of benzene rings is 1. The molecular formula is C17H21N3O2. The summed E-state index contributed by atoms with van der Waals surface area (Å²) in [6, 6.07) is 8.16. The van der Waals surface area contributed by atoms with Crippen LogP contribution in [0.4, 0.5) is 0 Å². The molecule has 2 heterocycles. The van der Waals surface area contributed by atoms with E-state index in [1.807, 2.05) is 17.0 Å². The van der Waals surface area contributed by atoms with E-state index >= 15 is 0 Å². The molecule has 116 valence electrons. The van der Waals surface area contributed by atoms with Crippen LogP contribution >= 0.6 is 0 Å².